The van der Waals surface area contributed by atoms with E-state index < -0.39 is 0 Å². The maximum Gasteiger partial charge on any atom is 0.335 e. The average Bonchev–Trinajstić information content (AvgIpc) is 2.35. The molecule has 0 unspecified atom stereocenters. The molecular formula is C13H11ClN2O2+2. The fourth-order valence-corrected chi connectivity index (χ4v) is 2.25. The molecular weight excluding hydrogens is 252 g/mol. The second kappa shape index (κ2) is 3.71. The number of aromatic nitrogens is 2. The smallest absolute Gasteiger partial charge is 0.283 e. The van der Waals surface area contributed by atoms with Crippen LogP contribution in [0.15, 0.2) is 36.4 Å². The van der Waals surface area contributed by atoms with Gasteiger partial charge in [-0.15, -0.1) is 0 Å². The highest BCUT2D eigenvalue weighted by Gasteiger charge is 2.28. The maximum atomic E-state index is 10.2. The standard InChI is InChI=1S/C13H11ClN2O2/c1-8-2-4-10-12(6-8)16(18)13-7-9(14)3-5-11(13)15(10)17/h2-7,17-18H,1H3/q+2. The van der Waals surface area contributed by atoms with Crippen molar-refractivity contribution in [1.82, 2.24) is 0 Å². The van der Waals surface area contributed by atoms with Crippen LogP contribution in [0.1, 0.15) is 5.56 Å². The van der Waals surface area contributed by atoms with Crippen LogP contribution in [0.4, 0.5) is 0 Å². The van der Waals surface area contributed by atoms with Crippen molar-refractivity contribution in [2.24, 2.45) is 0 Å². The highest BCUT2D eigenvalue weighted by Crippen LogP contribution is 2.17. The molecule has 5 heteroatoms. The Morgan fingerprint density at radius 2 is 1.39 bits per heavy atom. The van der Waals surface area contributed by atoms with Gasteiger partial charge in [-0.3, -0.25) is 10.4 Å². The van der Waals surface area contributed by atoms with E-state index in [9.17, 15) is 10.4 Å². The van der Waals surface area contributed by atoms with Gasteiger partial charge in [-0.2, -0.15) is 0 Å². The molecule has 0 saturated carbocycles. The van der Waals surface area contributed by atoms with Crippen LogP contribution in [0, 0.1) is 6.92 Å². The summed E-state index contributed by atoms with van der Waals surface area (Å²) in [6.45, 7) is 1.92. The topological polar surface area (TPSA) is 48.2 Å². The number of hydrogen-bond acceptors (Lipinski definition) is 2. The number of halogens is 1. The van der Waals surface area contributed by atoms with Gasteiger partial charge in [0.05, 0.1) is 0 Å². The Balaban J connectivity index is 2.61. The first-order chi connectivity index (χ1) is 8.58. The fraction of sp³-hybridized carbons (Fsp3) is 0.0769. The number of fused-ring (bicyclic) bond motifs is 2. The van der Waals surface area contributed by atoms with Gasteiger partial charge < -0.3 is 0 Å². The Morgan fingerprint density at radius 1 is 0.833 bits per heavy atom. The second-order valence-electron chi connectivity index (χ2n) is 4.25. The first kappa shape index (κ1) is 11.0. The third-order valence-corrected chi connectivity index (χ3v) is 3.22. The number of aryl methyl sites for hydroxylation is 1. The molecule has 0 saturated heterocycles. The molecule has 3 rings (SSSR count). The van der Waals surface area contributed by atoms with E-state index in [-0.39, 0.29) is 0 Å². The first-order valence-electron chi connectivity index (χ1n) is 5.46. The van der Waals surface area contributed by atoms with Crippen molar-refractivity contribution in [3.8, 4) is 0 Å². The summed E-state index contributed by atoms with van der Waals surface area (Å²) in [5.41, 5.74) is 2.97. The van der Waals surface area contributed by atoms with Crippen molar-refractivity contribution >= 4 is 33.7 Å². The van der Waals surface area contributed by atoms with Crippen LogP contribution in [0.2, 0.25) is 5.02 Å². The Labute approximate surface area is 108 Å². The van der Waals surface area contributed by atoms with E-state index in [1.807, 2.05) is 13.0 Å². The average molecular weight is 263 g/mol. The van der Waals surface area contributed by atoms with Crippen molar-refractivity contribution in [2.45, 2.75) is 6.92 Å². The van der Waals surface area contributed by atoms with Gasteiger partial charge in [-0.25, -0.2) is 0 Å². The predicted molar refractivity (Wildman–Crippen MR) is 66.0 cm³/mol. The van der Waals surface area contributed by atoms with E-state index in [4.69, 9.17) is 11.6 Å². The molecule has 18 heavy (non-hydrogen) atoms. The molecule has 2 N–H and O–H groups in total. The summed E-state index contributed by atoms with van der Waals surface area (Å²) in [5, 5.41) is 20.9. The summed E-state index contributed by atoms with van der Waals surface area (Å²) in [6.07, 6.45) is 0. The lowest BCUT2D eigenvalue weighted by molar-refractivity contribution is -0.894. The Hall–Kier alpha value is -2.07. The van der Waals surface area contributed by atoms with E-state index in [0.29, 0.717) is 27.1 Å². The molecule has 0 radical (unpaired) electrons. The van der Waals surface area contributed by atoms with E-state index >= 15 is 0 Å². The number of benzene rings is 2. The van der Waals surface area contributed by atoms with Crippen LogP contribution in [0.25, 0.3) is 22.1 Å². The van der Waals surface area contributed by atoms with E-state index in [1.54, 1.807) is 30.3 Å². The Kier molecular flexibility index (Phi) is 2.28. The van der Waals surface area contributed by atoms with Crippen LogP contribution >= 0.6 is 11.6 Å². The third kappa shape index (κ3) is 1.46. The SMILES string of the molecule is Cc1ccc2c(c1)[n+](O)c1cc(Cl)ccc1[n+]2O. The maximum absolute atomic E-state index is 10.2. The number of rotatable bonds is 0. The molecule has 2 aromatic carbocycles. The number of hydrogen-bond donors (Lipinski definition) is 2. The van der Waals surface area contributed by atoms with Crippen LogP contribution in [-0.4, -0.2) is 10.4 Å². The van der Waals surface area contributed by atoms with Gasteiger partial charge >= 0.3 is 22.1 Å². The molecule has 0 fully saturated rings. The van der Waals surface area contributed by atoms with Crippen molar-refractivity contribution in [3.05, 3.63) is 47.0 Å². The molecule has 1 heterocycles. The lowest BCUT2D eigenvalue weighted by Gasteiger charge is -1.97. The quantitative estimate of drug-likeness (QED) is 0.370. The van der Waals surface area contributed by atoms with Crippen LogP contribution in [0.5, 0.6) is 0 Å². The monoisotopic (exact) mass is 262 g/mol. The van der Waals surface area contributed by atoms with Gasteiger partial charge in [0.15, 0.2) is 0 Å². The van der Waals surface area contributed by atoms with Gasteiger partial charge in [0, 0.05) is 38.7 Å². The fourth-order valence-electron chi connectivity index (χ4n) is 2.09. The van der Waals surface area contributed by atoms with Gasteiger partial charge in [0.25, 0.3) is 0 Å². The van der Waals surface area contributed by atoms with Crippen molar-refractivity contribution in [3.63, 3.8) is 0 Å². The van der Waals surface area contributed by atoms with E-state index in [0.717, 1.165) is 15.0 Å². The second-order valence-corrected chi connectivity index (χ2v) is 4.69. The number of nitrogens with zero attached hydrogens (tertiary/aromatic N) is 2. The zero-order valence-corrected chi connectivity index (χ0v) is 10.4. The molecule has 3 aromatic rings. The van der Waals surface area contributed by atoms with Crippen LogP contribution in [-0.2, 0) is 0 Å². The highest BCUT2D eigenvalue weighted by atomic mass is 35.5. The summed E-state index contributed by atoms with van der Waals surface area (Å²) in [4.78, 5) is 0. The molecule has 0 aliphatic carbocycles. The lowest BCUT2D eigenvalue weighted by atomic mass is 10.2. The minimum absolute atomic E-state index is 0.447. The molecule has 0 atom stereocenters. The highest BCUT2D eigenvalue weighted by molar-refractivity contribution is 6.31. The molecule has 1 aromatic heterocycles. The van der Waals surface area contributed by atoms with Crippen LogP contribution < -0.4 is 9.46 Å². The zero-order chi connectivity index (χ0) is 12.9. The molecule has 0 bridgehead atoms. The normalized spacial score (nSPS) is 11.2. The van der Waals surface area contributed by atoms with Crippen molar-refractivity contribution in [2.75, 3.05) is 0 Å². The van der Waals surface area contributed by atoms with Gasteiger partial charge in [0.1, 0.15) is 0 Å². The van der Waals surface area contributed by atoms with Gasteiger partial charge in [0.2, 0.25) is 0 Å². The zero-order valence-electron chi connectivity index (χ0n) is 9.63. The summed E-state index contributed by atoms with van der Waals surface area (Å²) in [7, 11) is 0. The van der Waals surface area contributed by atoms with Crippen molar-refractivity contribution < 1.29 is 19.9 Å². The summed E-state index contributed by atoms with van der Waals surface area (Å²) < 4.78 is 2.09. The molecule has 0 spiro atoms. The summed E-state index contributed by atoms with van der Waals surface area (Å²) >= 11 is 5.91. The first-order valence-corrected chi connectivity index (χ1v) is 5.84. The molecule has 0 amide bonds. The molecule has 0 aliphatic heterocycles. The minimum Gasteiger partial charge on any atom is -0.283 e. The molecule has 0 aliphatic rings. The lowest BCUT2D eigenvalue weighted by Crippen LogP contribution is -2.42. The minimum atomic E-state index is 0.447. The van der Waals surface area contributed by atoms with Gasteiger partial charge in [-0.05, 0) is 18.6 Å². The third-order valence-electron chi connectivity index (χ3n) is 2.98. The Morgan fingerprint density at radius 3 is 2.11 bits per heavy atom. The van der Waals surface area contributed by atoms with Gasteiger partial charge in [-0.1, -0.05) is 17.7 Å². The van der Waals surface area contributed by atoms with E-state index in [2.05, 4.69) is 0 Å². The van der Waals surface area contributed by atoms with E-state index in [1.165, 1.54) is 0 Å². The summed E-state index contributed by atoms with van der Waals surface area (Å²) in [5.74, 6) is 0. The predicted octanol–water partition coefficient (Wildman–Crippen LogP) is 2.00. The summed E-state index contributed by atoms with van der Waals surface area (Å²) in [6, 6.07) is 10.3. The molecule has 4 nitrogen and oxygen atoms in total. The largest absolute Gasteiger partial charge is 0.335 e. The van der Waals surface area contributed by atoms with Crippen molar-refractivity contribution in [1.29, 1.82) is 0 Å². The Bertz CT molecular complexity index is 724. The van der Waals surface area contributed by atoms with Crippen LogP contribution in [0.3, 0.4) is 0 Å². The molecule has 90 valence electrons.